The van der Waals surface area contributed by atoms with Crippen LogP contribution < -0.4 is 0 Å². The Balaban J connectivity index is 1.79. The zero-order valence-electron chi connectivity index (χ0n) is 14.7. The van der Waals surface area contributed by atoms with Gasteiger partial charge >= 0.3 is 0 Å². The van der Waals surface area contributed by atoms with Crippen LogP contribution in [0.4, 0.5) is 0 Å². The summed E-state index contributed by atoms with van der Waals surface area (Å²) >= 11 is 12.6. The van der Waals surface area contributed by atoms with Gasteiger partial charge in [0.2, 0.25) is 0 Å². The average molecular weight is 405 g/mol. The Morgan fingerprint density at radius 1 is 0.750 bits per heavy atom. The second-order valence-electron chi connectivity index (χ2n) is 6.48. The molecule has 0 saturated heterocycles. The molecule has 0 atom stereocenters. The lowest BCUT2D eigenvalue weighted by Crippen LogP contribution is -2.04. The Morgan fingerprint density at radius 2 is 1.50 bits per heavy atom. The molecule has 0 fully saturated rings. The summed E-state index contributed by atoms with van der Waals surface area (Å²) in [5.74, 6) is 0.757. The van der Waals surface area contributed by atoms with Gasteiger partial charge < -0.3 is 4.57 Å². The highest BCUT2D eigenvalue weighted by Crippen LogP contribution is 2.28. The van der Waals surface area contributed by atoms with Crippen molar-refractivity contribution in [3.05, 3.63) is 88.4 Å². The number of benzene rings is 3. The van der Waals surface area contributed by atoms with Crippen LogP contribution in [0.2, 0.25) is 10.0 Å². The van der Waals surface area contributed by atoms with E-state index in [9.17, 15) is 0 Å². The maximum atomic E-state index is 6.42. The molecule has 0 amide bonds. The number of para-hydroxylation sites is 2. The molecule has 28 heavy (non-hydrogen) atoms. The van der Waals surface area contributed by atoms with Crippen molar-refractivity contribution in [2.24, 2.45) is 0 Å². The summed E-state index contributed by atoms with van der Waals surface area (Å²) in [6.45, 7) is 0.533. The highest BCUT2D eigenvalue weighted by Gasteiger charge is 2.17. The molecule has 0 radical (unpaired) electrons. The molecule has 0 bridgehead atoms. The first-order valence-electron chi connectivity index (χ1n) is 8.81. The summed E-state index contributed by atoms with van der Waals surface area (Å²) in [6, 6.07) is 23.2. The van der Waals surface area contributed by atoms with Crippen molar-refractivity contribution in [3.63, 3.8) is 0 Å². The monoisotopic (exact) mass is 404 g/mol. The van der Waals surface area contributed by atoms with Crippen molar-refractivity contribution >= 4 is 45.5 Å². The predicted octanol–water partition coefficient (Wildman–Crippen LogP) is 6.00. The van der Waals surface area contributed by atoms with Crippen LogP contribution >= 0.6 is 23.2 Å². The predicted molar refractivity (Wildman–Crippen MR) is 114 cm³/mol. The van der Waals surface area contributed by atoms with Gasteiger partial charge in [0.05, 0.1) is 17.6 Å². The van der Waals surface area contributed by atoms with Gasteiger partial charge in [-0.05, 0) is 35.9 Å². The highest BCUT2D eigenvalue weighted by molar-refractivity contribution is 6.31. The third kappa shape index (κ3) is 3.01. The zero-order valence-corrected chi connectivity index (χ0v) is 16.2. The fourth-order valence-electron chi connectivity index (χ4n) is 3.29. The first-order valence-corrected chi connectivity index (χ1v) is 9.57. The Morgan fingerprint density at radius 3 is 2.29 bits per heavy atom. The van der Waals surface area contributed by atoms with Gasteiger partial charge in [-0.1, -0.05) is 65.7 Å². The quantitative estimate of drug-likeness (QED) is 0.370. The Kier molecular flexibility index (Phi) is 4.23. The number of imidazole rings is 1. The van der Waals surface area contributed by atoms with Crippen LogP contribution in [0.5, 0.6) is 0 Å². The van der Waals surface area contributed by atoms with Crippen LogP contribution in [-0.4, -0.2) is 19.5 Å². The van der Waals surface area contributed by atoms with Crippen LogP contribution in [0, 0.1) is 0 Å². The van der Waals surface area contributed by atoms with Gasteiger partial charge in [0.15, 0.2) is 11.3 Å². The number of rotatable bonds is 3. The number of hydrogen-bond donors (Lipinski definition) is 0. The third-order valence-electron chi connectivity index (χ3n) is 4.63. The number of aromatic nitrogens is 4. The Labute approximate surface area is 171 Å². The molecular weight excluding hydrogens is 391 g/mol. The third-order valence-corrected chi connectivity index (χ3v) is 5.23. The van der Waals surface area contributed by atoms with E-state index in [0.717, 1.165) is 28.0 Å². The van der Waals surface area contributed by atoms with Gasteiger partial charge in [0, 0.05) is 15.6 Å². The van der Waals surface area contributed by atoms with Crippen molar-refractivity contribution < 1.29 is 0 Å². The molecule has 0 aliphatic carbocycles. The van der Waals surface area contributed by atoms with Crippen LogP contribution in [0.3, 0.4) is 0 Å². The molecule has 5 aromatic rings. The molecule has 2 heterocycles. The van der Waals surface area contributed by atoms with Gasteiger partial charge in [-0.25, -0.2) is 15.0 Å². The van der Waals surface area contributed by atoms with E-state index in [1.54, 1.807) is 0 Å². The smallest absolute Gasteiger partial charge is 0.198 e. The lowest BCUT2D eigenvalue weighted by atomic mass is 10.2. The second kappa shape index (κ2) is 6.89. The minimum Gasteiger partial charge on any atom is -0.303 e. The van der Waals surface area contributed by atoms with Gasteiger partial charge in [-0.3, -0.25) is 0 Å². The van der Waals surface area contributed by atoms with Gasteiger partial charge in [0.1, 0.15) is 5.82 Å². The molecule has 0 spiro atoms. The molecule has 5 rings (SSSR count). The lowest BCUT2D eigenvalue weighted by molar-refractivity contribution is 0.825. The van der Waals surface area contributed by atoms with Crippen LogP contribution in [0.25, 0.3) is 33.7 Å². The van der Waals surface area contributed by atoms with Gasteiger partial charge in [-0.2, -0.15) is 0 Å². The minimum atomic E-state index is 0.533. The highest BCUT2D eigenvalue weighted by atomic mass is 35.5. The van der Waals surface area contributed by atoms with Crippen LogP contribution in [0.1, 0.15) is 5.56 Å². The molecule has 0 aliphatic heterocycles. The van der Waals surface area contributed by atoms with E-state index in [-0.39, 0.29) is 0 Å². The van der Waals surface area contributed by atoms with Crippen LogP contribution in [0.15, 0.2) is 72.8 Å². The largest absolute Gasteiger partial charge is 0.303 e. The first-order chi connectivity index (χ1) is 13.7. The minimum absolute atomic E-state index is 0.533. The van der Waals surface area contributed by atoms with Crippen molar-refractivity contribution in [2.45, 2.75) is 6.54 Å². The lowest BCUT2D eigenvalue weighted by Gasteiger charge is -2.10. The summed E-state index contributed by atoms with van der Waals surface area (Å²) < 4.78 is 2.04. The fraction of sp³-hybridized carbons (Fsp3) is 0.0455. The fourth-order valence-corrected chi connectivity index (χ4v) is 3.68. The van der Waals surface area contributed by atoms with E-state index in [2.05, 4.69) is 0 Å². The molecule has 0 aliphatic rings. The number of nitrogens with zero attached hydrogens (tertiary/aromatic N) is 4. The van der Waals surface area contributed by atoms with Crippen molar-refractivity contribution in [1.29, 1.82) is 0 Å². The zero-order chi connectivity index (χ0) is 19.1. The molecule has 3 aromatic carbocycles. The van der Waals surface area contributed by atoms with Crippen molar-refractivity contribution in [3.8, 4) is 11.4 Å². The summed E-state index contributed by atoms with van der Waals surface area (Å²) in [4.78, 5) is 14.3. The summed E-state index contributed by atoms with van der Waals surface area (Å²) in [5.41, 5.74) is 4.85. The van der Waals surface area contributed by atoms with Gasteiger partial charge in [0.25, 0.3) is 0 Å². The standard InChI is InChI=1S/C22H14Cl2N4/c23-16-8-5-7-14(12-16)21-27-20-22(26-19-11-4-3-10-18(19)25-20)28(21)13-15-6-1-2-9-17(15)24/h1-12H,13H2. The maximum absolute atomic E-state index is 6.42. The molecular formula is C22H14Cl2N4. The van der Waals surface area contributed by atoms with Crippen molar-refractivity contribution in [2.75, 3.05) is 0 Å². The molecule has 0 saturated carbocycles. The van der Waals surface area contributed by atoms with Crippen LogP contribution in [-0.2, 0) is 6.54 Å². The van der Waals surface area contributed by atoms with E-state index in [4.69, 9.17) is 38.2 Å². The first kappa shape index (κ1) is 17.2. The number of hydrogen-bond acceptors (Lipinski definition) is 3. The summed E-state index contributed by atoms with van der Waals surface area (Å²) in [7, 11) is 0. The Bertz CT molecular complexity index is 1330. The maximum Gasteiger partial charge on any atom is 0.198 e. The average Bonchev–Trinajstić information content (AvgIpc) is 3.05. The molecule has 0 unspecified atom stereocenters. The molecule has 0 N–H and O–H groups in total. The van der Waals surface area contributed by atoms with E-state index in [1.165, 1.54) is 0 Å². The molecule has 2 aromatic heterocycles. The number of fused-ring (bicyclic) bond motifs is 2. The molecule has 4 nitrogen and oxygen atoms in total. The second-order valence-corrected chi connectivity index (χ2v) is 7.33. The SMILES string of the molecule is Clc1cccc(-c2nc3nc4ccccc4nc3n2Cc2ccccc2Cl)c1. The topological polar surface area (TPSA) is 43.6 Å². The number of halogens is 2. The normalized spacial score (nSPS) is 11.4. The van der Waals surface area contributed by atoms with E-state index in [0.29, 0.717) is 27.9 Å². The van der Waals surface area contributed by atoms with Gasteiger partial charge in [-0.15, -0.1) is 0 Å². The van der Waals surface area contributed by atoms with Crippen molar-refractivity contribution in [1.82, 2.24) is 19.5 Å². The summed E-state index contributed by atoms with van der Waals surface area (Å²) in [6.07, 6.45) is 0. The van der Waals surface area contributed by atoms with E-state index in [1.807, 2.05) is 77.4 Å². The Hall–Kier alpha value is -2.95. The van der Waals surface area contributed by atoms with E-state index >= 15 is 0 Å². The molecule has 136 valence electrons. The molecule has 6 heteroatoms. The summed E-state index contributed by atoms with van der Waals surface area (Å²) in [5, 5.41) is 1.36. The van der Waals surface area contributed by atoms with E-state index < -0.39 is 0 Å².